The highest BCUT2D eigenvalue weighted by Gasteiger charge is 2.27. The predicted octanol–water partition coefficient (Wildman–Crippen LogP) is 5.00. The van der Waals surface area contributed by atoms with Crippen LogP contribution in [-0.4, -0.2) is 23.4 Å². The van der Waals surface area contributed by atoms with Gasteiger partial charge in [0.1, 0.15) is 5.02 Å². The highest BCUT2D eigenvalue weighted by atomic mass is 35.5. The predicted molar refractivity (Wildman–Crippen MR) is 128 cm³/mol. The molecule has 0 aliphatic heterocycles. The molecule has 6 heteroatoms. The van der Waals surface area contributed by atoms with E-state index in [1.165, 1.54) is 4.57 Å². The Morgan fingerprint density at radius 3 is 2.37 bits per heavy atom. The summed E-state index contributed by atoms with van der Waals surface area (Å²) in [6.07, 6.45) is 3.52. The summed E-state index contributed by atoms with van der Waals surface area (Å²) in [5.74, 6) is 0. The van der Waals surface area contributed by atoms with E-state index in [1.54, 1.807) is 32.3 Å². The largest absolute Gasteiger partial charge is 0.383 e. The zero-order chi connectivity index (χ0) is 22.6. The third-order valence-electron chi connectivity index (χ3n) is 4.93. The van der Waals surface area contributed by atoms with Gasteiger partial charge in [-0.3, -0.25) is 4.79 Å². The lowest BCUT2D eigenvalue weighted by atomic mass is 9.91. The topological polar surface area (TPSA) is 61.1 Å². The zero-order valence-corrected chi connectivity index (χ0v) is 19.3. The second kappa shape index (κ2) is 9.81. The molecule has 0 amide bonds. The summed E-state index contributed by atoms with van der Waals surface area (Å²) in [6.45, 7) is 11.9. The van der Waals surface area contributed by atoms with Crippen LogP contribution in [0.4, 0.5) is 5.69 Å². The second-order valence-electron chi connectivity index (χ2n) is 7.84. The van der Waals surface area contributed by atoms with Gasteiger partial charge in [-0.1, -0.05) is 48.0 Å². The van der Waals surface area contributed by atoms with Crippen LogP contribution in [0.3, 0.4) is 0 Å². The Hall–Kier alpha value is -2.79. The molecule has 0 fully saturated rings. The Kier molecular flexibility index (Phi) is 7.68. The van der Waals surface area contributed by atoms with Gasteiger partial charge in [-0.05, 0) is 45.4 Å². The number of allylic oxidation sites excluding steroid dienone is 1. The van der Waals surface area contributed by atoms with E-state index in [0.717, 1.165) is 28.1 Å². The summed E-state index contributed by atoms with van der Waals surface area (Å²) >= 11 is 6.19. The highest BCUT2D eigenvalue weighted by molar-refractivity contribution is 6.30. The minimum absolute atomic E-state index is 0.158. The zero-order valence-electron chi connectivity index (χ0n) is 18.6. The maximum atomic E-state index is 12.1. The van der Waals surface area contributed by atoms with Gasteiger partial charge in [-0.2, -0.15) is 0 Å². The molecule has 160 valence electrons. The molecule has 5 nitrogen and oxygen atoms in total. The van der Waals surface area contributed by atoms with Crippen LogP contribution in [0.2, 0.25) is 5.02 Å². The lowest BCUT2D eigenvalue weighted by molar-refractivity contribution is 0.664. The number of benzene rings is 1. The van der Waals surface area contributed by atoms with E-state index in [2.05, 4.69) is 50.0 Å². The normalized spacial score (nSPS) is 12.9. The first-order valence-corrected chi connectivity index (χ1v) is 10.3. The number of pyridine rings is 1. The lowest BCUT2D eigenvalue weighted by Gasteiger charge is -2.34. The molecule has 2 rings (SSSR count). The van der Waals surface area contributed by atoms with Crippen LogP contribution < -0.4 is 15.8 Å². The van der Waals surface area contributed by atoms with Crippen molar-refractivity contribution in [3.63, 3.8) is 0 Å². The molecule has 30 heavy (non-hydrogen) atoms. The van der Waals surface area contributed by atoms with Crippen molar-refractivity contribution < 1.29 is 0 Å². The third-order valence-corrected chi connectivity index (χ3v) is 5.20. The number of halogens is 1. The molecular formula is C24H31ClN4O. The summed E-state index contributed by atoms with van der Waals surface area (Å²) in [6, 6.07) is 9.83. The fraction of sp³-hybridized carbons (Fsp3) is 0.333. The van der Waals surface area contributed by atoms with Gasteiger partial charge >= 0.3 is 0 Å². The number of likely N-dealkylation sites (N-methyl/N-ethyl adjacent to an activating group) is 1. The standard InChI is InChI=1S/C24H31ClN4O/c1-8-21(27-15(2)3)22(17(5)26)23(18-11-9-16(4)10-12-18)29(7)19-13-20(25)24(30)28(6)14-19/h8-15,23,26-27H,1H2,2-7H3/b22-21+,26-17?. The first kappa shape index (κ1) is 23.5. The van der Waals surface area contributed by atoms with E-state index >= 15 is 0 Å². The van der Waals surface area contributed by atoms with E-state index in [0.29, 0.717) is 5.71 Å². The number of aryl methyl sites for hydroxylation is 2. The summed E-state index contributed by atoms with van der Waals surface area (Å²) < 4.78 is 1.47. The SMILES string of the molecule is C=C/C(NC(C)C)=C(/C(C)=N)C(c1ccc(C)cc1)N(C)c1cc(Cl)c(=O)n(C)c1. The van der Waals surface area contributed by atoms with Gasteiger partial charge in [0.25, 0.3) is 5.56 Å². The first-order valence-electron chi connectivity index (χ1n) is 9.91. The molecule has 0 aliphatic carbocycles. The molecular weight excluding hydrogens is 396 g/mol. The van der Waals surface area contributed by atoms with Gasteiger partial charge in [0.05, 0.1) is 11.7 Å². The molecule has 0 spiro atoms. The molecule has 0 aliphatic rings. The van der Waals surface area contributed by atoms with E-state index < -0.39 is 0 Å². The maximum Gasteiger partial charge on any atom is 0.269 e. The van der Waals surface area contributed by atoms with Crippen molar-refractivity contribution in [2.75, 3.05) is 11.9 Å². The highest BCUT2D eigenvalue weighted by Crippen LogP contribution is 2.34. The number of nitrogens with zero attached hydrogens (tertiary/aromatic N) is 2. The van der Waals surface area contributed by atoms with E-state index in [9.17, 15) is 4.79 Å². The Morgan fingerprint density at radius 1 is 1.30 bits per heavy atom. The van der Waals surface area contributed by atoms with Crippen LogP contribution in [0.15, 0.2) is 65.2 Å². The van der Waals surface area contributed by atoms with Crippen LogP contribution in [0, 0.1) is 12.3 Å². The van der Waals surface area contributed by atoms with Crippen molar-refractivity contribution in [1.82, 2.24) is 9.88 Å². The molecule has 1 aromatic carbocycles. The molecule has 1 aromatic heterocycles. The quantitative estimate of drug-likeness (QED) is 0.461. The maximum absolute atomic E-state index is 12.1. The van der Waals surface area contributed by atoms with Gasteiger partial charge in [0.2, 0.25) is 0 Å². The number of anilines is 1. The van der Waals surface area contributed by atoms with Crippen LogP contribution in [0.1, 0.15) is 37.9 Å². The molecule has 0 saturated carbocycles. The Labute approximate surface area is 184 Å². The minimum atomic E-state index is -0.282. The van der Waals surface area contributed by atoms with Crippen LogP contribution in [0.5, 0.6) is 0 Å². The monoisotopic (exact) mass is 426 g/mol. The van der Waals surface area contributed by atoms with Crippen molar-refractivity contribution in [1.29, 1.82) is 5.41 Å². The van der Waals surface area contributed by atoms with Gasteiger partial charge in [0.15, 0.2) is 0 Å². The molecule has 2 N–H and O–H groups in total. The van der Waals surface area contributed by atoms with Crippen molar-refractivity contribution in [3.05, 3.63) is 87.0 Å². The summed E-state index contributed by atoms with van der Waals surface area (Å²) in [7, 11) is 3.63. The minimum Gasteiger partial charge on any atom is -0.383 e. The van der Waals surface area contributed by atoms with E-state index in [1.807, 2.05) is 18.9 Å². The van der Waals surface area contributed by atoms with Gasteiger partial charge in [-0.15, -0.1) is 0 Å². The van der Waals surface area contributed by atoms with Crippen LogP contribution in [-0.2, 0) is 7.05 Å². The number of hydrogen-bond donors (Lipinski definition) is 2. The second-order valence-corrected chi connectivity index (χ2v) is 8.25. The van der Waals surface area contributed by atoms with Gasteiger partial charge in [0, 0.05) is 43.3 Å². The number of aromatic nitrogens is 1. The van der Waals surface area contributed by atoms with Crippen LogP contribution >= 0.6 is 11.6 Å². The molecule has 1 atom stereocenters. The lowest BCUT2D eigenvalue weighted by Crippen LogP contribution is -2.33. The summed E-state index contributed by atoms with van der Waals surface area (Å²) in [4.78, 5) is 14.1. The van der Waals surface area contributed by atoms with E-state index in [4.69, 9.17) is 17.0 Å². The molecule has 1 unspecified atom stereocenters. The van der Waals surface area contributed by atoms with E-state index in [-0.39, 0.29) is 22.7 Å². The fourth-order valence-corrected chi connectivity index (χ4v) is 3.69. The third kappa shape index (κ3) is 5.22. The number of hydrogen-bond acceptors (Lipinski definition) is 4. The number of nitrogens with one attached hydrogen (secondary N) is 2. The summed E-state index contributed by atoms with van der Waals surface area (Å²) in [5.41, 5.74) is 4.78. The molecule has 0 saturated heterocycles. The fourth-order valence-electron chi connectivity index (χ4n) is 3.44. The Morgan fingerprint density at radius 2 is 1.90 bits per heavy atom. The first-order chi connectivity index (χ1) is 14.1. The molecule has 0 radical (unpaired) electrons. The molecule has 1 heterocycles. The van der Waals surface area contributed by atoms with Crippen molar-refractivity contribution in [2.45, 2.75) is 39.8 Å². The Bertz CT molecular complexity index is 992. The molecule has 2 aromatic rings. The average Bonchev–Trinajstić information content (AvgIpc) is 2.68. The summed E-state index contributed by atoms with van der Waals surface area (Å²) in [5, 5.41) is 12.2. The van der Waals surface area contributed by atoms with Crippen molar-refractivity contribution in [3.8, 4) is 0 Å². The van der Waals surface area contributed by atoms with Crippen LogP contribution in [0.25, 0.3) is 0 Å². The van der Waals surface area contributed by atoms with Gasteiger partial charge < -0.3 is 20.2 Å². The van der Waals surface area contributed by atoms with Gasteiger partial charge in [-0.25, -0.2) is 0 Å². The average molecular weight is 427 g/mol. The Balaban J connectivity index is 2.78. The van der Waals surface area contributed by atoms with Crippen molar-refractivity contribution >= 4 is 23.0 Å². The number of rotatable bonds is 8. The smallest absolute Gasteiger partial charge is 0.269 e. The van der Waals surface area contributed by atoms with Crippen molar-refractivity contribution in [2.24, 2.45) is 7.05 Å². The molecule has 0 bridgehead atoms.